The molecule has 3 nitrogen and oxygen atoms in total. The molecule has 0 saturated carbocycles. The zero-order valence-electron chi connectivity index (χ0n) is 19.6. The standard InChI is InChI=1S/C25H53N3/c1-3-5-7-9-11-13-14-15-16-18-20-22-24-28-25(26)27-23-21-19-17-12-10-8-6-4-2/h3-24H2,1-2H3,(H3,26,27,28). The van der Waals surface area contributed by atoms with Gasteiger partial charge in [0.2, 0.25) is 0 Å². The van der Waals surface area contributed by atoms with E-state index < -0.39 is 0 Å². The van der Waals surface area contributed by atoms with Crippen molar-refractivity contribution in [1.82, 2.24) is 5.32 Å². The lowest BCUT2D eigenvalue weighted by molar-refractivity contribution is 0.543. The van der Waals surface area contributed by atoms with E-state index in [9.17, 15) is 0 Å². The number of unbranched alkanes of at least 4 members (excludes halogenated alkanes) is 18. The van der Waals surface area contributed by atoms with E-state index >= 15 is 0 Å². The van der Waals surface area contributed by atoms with E-state index in [4.69, 9.17) is 5.73 Å². The van der Waals surface area contributed by atoms with Crippen molar-refractivity contribution in [3.63, 3.8) is 0 Å². The highest BCUT2D eigenvalue weighted by Gasteiger charge is 1.95. The van der Waals surface area contributed by atoms with Crippen molar-refractivity contribution in [2.24, 2.45) is 10.7 Å². The summed E-state index contributed by atoms with van der Waals surface area (Å²) in [6.45, 7) is 6.42. The number of nitrogens with zero attached hydrogens (tertiary/aromatic N) is 1. The van der Waals surface area contributed by atoms with Gasteiger partial charge in [0.1, 0.15) is 0 Å². The largest absolute Gasteiger partial charge is 0.370 e. The quantitative estimate of drug-likeness (QED) is 0.112. The molecule has 3 heteroatoms. The van der Waals surface area contributed by atoms with E-state index in [1.165, 1.54) is 128 Å². The molecule has 28 heavy (non-hydrogen) atoms. The van der Waals surface area contributed by atoms with Gasteiger partial charge in [-0.3, -0.25) is 4.99 Å². The average molecular weight is 396 g/mol. The Labute approximate surface area is 177 Å². The number of nitrogens with two attached hydrogens (primary N) is 1. The minimum absolute atomic E-state index is 0.644. The van der Waals surface area contributed by atoms with Gasteiger partial charge in [0.05, 0.1) is 0 Å². The van der Waals surface area contributed by atoms with Crippen LogP contribution in [0.1, 0.15) is 142 Å². The molecule has 3 N–H and O–H groups in total. The molecule has 0 aromatic rings. The van der Waals surface area contributed by atoms with Gasteiger partial charge in [-0.1, -0.05) is 129 Å². The molecule has 0 amide bonds. The Morgan fingerprint density at radius 1 is 0.536 bits per heavy atom. The molecular weight excluding hydrogens is 342 g/mol. The van der Waals surface area contributed by atoms with Crippen LogP contribution in [0.4, 0.5) is 0 Å². The van der Waals surface area contributed by atoms with Gasteiger partial charge in [-0.05, 0) is 12.8 Å². The fourth-order valence-corrected chi connectivity index (χ4v) is 3.68. The molecule has 0 atom stereocenters. The summed E-state index contributed by atoms with van der Waals surface area (Å²) in [4.78, 5) is 4.45. The topological polar surface area (TPSA) is 50.4 Å². The summed E-state index contributed by atoms with van der Waals surface area (Å²) in [6, 6.07) is 0. The van der Waals surface area contributed by atoms with Crippen molar-refractivity contribution < 1.29 is 0 Å². The van der Waals surface area contributed by atoms with Crippen LogP contribution in [0, 0.1) is 0 Å². The Morgan fingerprint density at radius 2 is 0.893 bits per heavy atom. The number of hydrogen-bond acceptors (Lipinski definition) is 1. The van der Waals surface area contributed by atoms with Crippen molar-refractivity contribution in [2.45, 2.75) is 142 Å². The Morgan fingerprint density at radius 3 is 1.32 bits per heavy atom. The third-order valence-corrected chi connectivity index (χ3v) is 5.63. The monoisotopic (exact) mass is 395 g/mol. The van der Waals surface area contributed by atoms with Gasteiger partial charge in [-0.15, -0.1) is 0 Å². The van der Waals surface area contributed by atoms with Crippen molar-refractivity contribution in [1.29, 1.82) is 0 Å². The van der Waals surface area contributed by atoms with Crippen LogP contribution in [0.5, 0.6) is 0 Å². The van der Waals surface area contributed by atoms with Crippen molar-refractivity contribution in [3.8, 4) is 0 Å². The molecule has 0 fully saturated rings. The average Bonchev–Trinajstić information content (AvgIpc) is 2.70. The third-order valence-electron chi connectivity index (χ3n) is 5.63. The van der Waals surface area contributed by atoms with Crippen LogP contribution in [-0.2, 0) is 0 Å². The molecular formula is C25H53N3. The molecule has 0 aliphatic rings. The second kappa shape index (κ2) is 24.3. The predicted molar refractivity (Wildman–Crippen MR) is 128 cm³/mol. The molecule has 0 aromatic heterocycles. The maximum Gasteiger partial charge on any atom is 0.188 e. The highest BCUT2D eigenvalue weighted by atomic mass is 15.1. The van der Waals surface area contributed by atoms with E-state index in [1.54, 1.807) is 0 Å². The summed E-state index contributed by atoms with van der Waals surface area (Å²) < 4.78 is 0. The van der Waals surface area contributed by atoms with Gasteiger partial charge in [0.15, 0.2) is 5.96 Å². The van der Waals surface area contributed by atoms with Gasteiger partial charge in [0.25, 0.3) is 0 Å². The number of guanidine groups is 1. The molecule has 0 saturated heterocycles. The second-order valence-electron chi connectivity index (χ2n) is 8.56. The van der Waals surface area contributed by atoms with Crippen molar-refractivity contribution in [3.05, 3.63) is 0 Å². The molecule has 0 bridgehead atoms. The van der Waals surface area contributed by atoms with Crippen molar-refractivity contribution in [2.75, 3.05) is 13.1 Å². The summed E-state index contributed by atoms with van der Waals surface area (Å²) in [5, 5.41) is 3.27. The molecule has 0 unspecified atom stereocenters. The second-order valence-corrected chi connectivity index (χ2v) is 8.56. The minimum atomic E-state index is 0.644. The molecule has 0 aliphatic carbocycles. The van der Waals surface area contributed by atoms with Crippen molar-refractivity contribution >= 4 is 5.96 Å². The van der Waals surface area contributed by atoms with Crippen LogP contribution in [0.25, 0.3) is 0 Å². The van der Waals surface area contributed by atoms with Crippen LogP contribution in [0.15, 0.2) is 4.99 Å². The fourth-order valence-electron chi connectivity index (χ4n) is 3.68. The minimum Gasteiger partial charge on any atom is -0.370 e. The van der Waals surface area contributed by atoms with Crippen LogP contribution < -0.4 is 11.1 Å². The van der Waals surface area contributed by atoms with E-state index in [-0.39, 0.29) is 0 Å². The van der Waals surface area contributed by atoms with Crippen LogP contribution in [-0.4, -0.2) is 19.0 Å². The predicted octanol–water partition coefficient (Wildman–Crippen LogP) is 7.73. The zero-order valence-corrected chi connectivity index (χ0v) is 19.6. The number of hydrogen-bond donors (Lipinski definition) is 2. The molecule has 0 heterocycles. The smallest absolute Gasteiger partial charge is 0.188 e. The molecule has 0 spiro atoms. The van der Waals surface area contributed by atoms with Gasteiger partial charge in [-0.25, -0.2) is 0 Å². The number of nitrogens with one attached hydrogen (secondary N) is 1. The van der Waals surface area contributed by atoms with E-state index in [0.717, 1.165) is 13.1 Å². The van der Waals surface area contributed by atoms with E-state index in [0.29, 0.717) is 5.96 Å². The Kier molecular flexibility index (Phi) is 23.7. The molecule has 0 radical (unpaired) electrons. The summed E-state index contributed by atoms with van der Waals surface area (Å²) in [7, 11) is 0. The first kappa shape index (κ1) is 27.3. The summed E-state index contributed by atoms with van der Waals surface area (Å²) >= 11 is 0. The normalized spacial score (nSPS) is 11.9. The number of aliphatic imine (C=N–C) groups is 1. The molecule has 168 valence electrons. The maximum atomic E-state index is 5.95. The zero-order chi connectivity index (χ0) is 20.5. The Bertz CT molecular complexity index is 315. The van der Waals surface area contributed by atoms with E-state index in [2.05, 4.69) is 24.2 Å². The SMILES string of the molecule is CCCCCCCCCCCCCCNC(N)=NCCCCCCCCCC. The third kappa shape index (κ3) is 23.3. The Hall–Kier alpha value is -0.730. The maximum absolute atomic E-state index is 5.95. The summed E-state index contributed by atoms with van der Waals surface area (Å²) in [6.07, 6.45) is 27.4. The lowest BCUT2D eigenvalue weighted by atomic mass is 10.1. The fraction of sp³-hybridized carbons (Fsp3) is 0.960. The first-order valence-electron chi connectivity index (χ1n) is 12.8. The Balaban J connectivity index is 3.21. The lowest BCUT2D eigenvalue weighted by Gasteiger charge is -2.06. The van der Waals surface area contributed by atoms with Gasteiger partial charge in [-0.2, -0.15) is 0 Å². The van der Waals surface area contributed by atoms with E-state index in [1.807, 2.05) is 0 Å². The first-order chi connectivity index (χ1) is 13.8. The number of rotatable bonds is 22. The highest BCUT2D eigenvalue weighted by Crippen LogP contribution is 2.11. The summed E-state index contributed by atoms with van der Waals surface area (Å²) in [5.74, 6) is 0.644. The van der Waals surface area contributed by atoms with Crippen LogP contribution in [0.3, 0.4) is 0 Å². The molecule has 0 aromatic carbocycles. The molecule has 0 aliphatic heterocycles. The van der Waals surface area contributed by atoms with Crippen LogP contribution >= 0.6 is 0 Å². The first-order valence-corrected chi connectivity index (χ1v) is 12.8. The lowest BCUT2D eigenvalue weighted by Crippen LogP contribution is -2.32. The van der Waals surface area contributed by atoms with Crippen LogP contribution in [0.2, 0.25) is 0 Å². The summed E-state index contributed by atoms with van der Waals surface area (Å²) in [5.41, 5.74) is 5.95. The molecule has 0 rings (SSSR count). The van der Waals surface area contributed by atoms with Gasteiger partial charge < -0.3 is 11.1 Å². The highest BCUT2D eigenvalue weighted by molar-refractivity contribution is 5.77. The van der Waals surface area contributed by atoms with Gasteiger partial charge >= 0.3 is 0 Å². The van der Waals surface area contributed by atoms with Gasteiger partial charge in [0, 0.05) is 13.1 Å².